The van der Waals surface area contributed by atoms with Gasteiger partial charge in [-0.25, -0.2) is 4.39 Å². The van der Waals surface area contributed by atoms with Crippen molar-refractivity contribution in [1.82, 2.24) is 4.90 Å². The maximum atomic E-state index is 13.4. The lowest BCUT2D eigenvalue weighted by Crippen LogP contribution is -2.46. The fourth-order valence-electron chi connectivity index (χ4n) is 2.23. The van der Waals surface area contributed by atoms with Gasteiger partial charge in [-0.05, 0) is 47.1 Å². The maximum Gasteiger partial charge on any atom is 0.139 e. The molecule has 0 N–H and O–H groups in total. The Bertz CT molecular complexity index is 376. The molecule has 0 spiro atoms. The fourth-order valence-corrected chi connectivity index (χ4v) is 2.47. The molecule has 0 aromatic heterocycles. The van der Waals surface area contributed by atoms with Crippen molar-refractivity contribution in [2.45, 2.75) is 13.3 Å². The predicted octanol–water partition coefficient (Wildman–Crippen LogP) is 3.12. The van der Waals surface area contributed by atoms with Crippen LogP contribution in [-0.2, 0) is 0 Å². The molecule has 17 heavy (non-hydrogen) atoms. The third kappa shape index (κ3) is 3.19. The number of nitrogens with zero attached hydrogens (tertiary/aromatic N) is 2. The zero-order valence-electron chi connectivity index (χ0n) is 10.1. The zero-order chi connectivity index (χ0) is 12.3. The van der Waals surface area contributed by atoms with Crippen molar-refractivity contribution in [3.05, 3.63) is 28.5 Å². The molecular weight excluding hydrogens is 283 g/mol. The number of hydrogen-bond acceptors (Lipinski definition) is 2. The first kappa shape index (κ1) is 12.8. The smallest absolute Gasteiger partial charge is 0.139 e. The summed E-state index contributed by atoms with van der Waals surface area (Å²) in [6.07, 6.45) is 1.20. The van der Waals surface area contributed by atoms with Crippen molar-refractivity contribution >= 4 is 21.6 Å². The van der Waals surface area contributed by atoms with Crippen molar-refractivity contribution < 1.29 is 4.39 Å². The molecule has 2 rings (SSSR count). The summed E-state index contributed by atoms with van der Waals surface area (Å²) >= 11 is 3.18. The second-order valence-electron chi connectivity index (χ2n) is 4.43. The molecule has 94 valence electrons. The minimum Gasteiger partial charge on any atom is -0.369 e. The van der Waals surface area contributed by atoms with Crippen LogP contribution in [-0.4, -0.2) is 37.6 Å². The van der Waals surface area contributed by atoms with E-state index in [4.69, 9.17) is 0 Å². The number of halogens is 2. The highest BCUT2D eigenvalue weighted by Gasteiger charge is 2.16. The van der Waals surface area contributed by atoms with Crippen LogP contribution in [0.15, 0.2) is 22.7 Å². The summed E-state index contributed by atoms with van der Waals surface area (Å²) in [5, 5.41) is 0. The van der Waals surface area contributed by atoms with Crippen LogP contribution < -0.4 is 4.90 Å². The van der Waals surface area contributed by atoms with E-state index < -0.39 is 0 Å². The van der Waals surface area contributed by atoms with E-state index in [-0.39, 0.29) is 5.82 Å². The minimum atomic E-state index is -0.182. The van der Waals surface area contributed by atoms with Gasteiger partial charge in [-0.1, -0.05) is 6.92 Å². The van der Waals surface area contributed by atoms with Crippen molar-refractivity contribution in [3.8, 4) is 0 Å². The Morgan fingerprint density at radius 1 is 1.24 bits per heavy atom. The zero-order valence-corrected chi connectivity index (χ0v) is 11.7. The van der Waals surface area contributed by atoms with Crippen LogP contribution in [0, 0.1) is 5.82 Å². The summed E-state index contributed by atoms with van der Waals surface area (Å²) in [6.45, 7) is 7.50. The Morgan fingerprint density at radius 2 is 1.94 bits per heavy atom. The molecule has 0 amide bonds. The third-order valence-electron chi connectivity index (χ3n) is 3.18. The monoisotopic (exact) mass is 300 g/mol. The Balaban J connectivity index is 1.98. The van der Waals surface area contributed by atoms with Gasteiger partial charge in [0, 0.05) is 31.9 Å². The van der Waals surface area contributed by atoms with E-state index in [1.165, 1.54) is 13.0 Å². The number of benzene rings is 1. The Kier molecular flexibility index (Phi) is 4.40. The molecule has 1 aromatic carbocycles. The van der Waals surface area contributed by atoms with Gasteiger partial charge in [0.1, 0.15) is 5.82 Å². The lowest BCUT2D eigenvalue weighted by molar-refractivity contribution is 0.258. The first-order valence-electron chi connectivity index (χ1n) is 6.13. The molecule has 1 aromatic rings. The second kappa shape index (κ2) is 5.83. The molecule has 1 saturated heterocycles. The van der Waals surface area contributed by atoms with Gasteiger partial charge in [-0.2, -0.15) is 0 Å². The summed E-state index contributed by atoms with van der Waals surface area (Å²) in [5.74, 6) is -0.182. The summed E-state index contributed by atoms with van der Waals surface area (Å²) in [4.78, 5) is 4.72. The first-order valence-corrected chi connectivity index (χ1v) is 6.92. The van der Waals surface area contributed by atoms with Gasteiger partial charge in [-0.15, -0.1) is 0 Å². The average Bonchev–Trinajstić information content (AvgIpc) is 2.34. The lowest BCUT2D eigenvalue weighted by atomic mass is 10.2. The predicted molar refractivity (Wildman–Crippen MR) is 73.0 cm³/mol. The van der Waals surface area contributed by atoms with E-state index in [1.807, 2.05) is 6.07 Å². The Labute approximate surface area is 111 Å². The standard InChI is InChI=1S/C13H18BrFN2/c1-2-5-16-6-8-17(9-7-16)11-3-4-12(14)13(15)10-11/h3-4,10H,2,5-9H2,1H3. The molecule has 0 atom stereocenters. The van der Waals surface area contributed by atoms with Gasteiger partial charge in [0.2, 0.25) is 0 Å². The molecule has 1 fully saturated rings. The average molecular weight is 301 g/mol. The molecule has 1 aliphatic rings. The molecule has 1 heterocycles. The highest BCUT2D eigenvalue weighted by Crippen LogP contribution is 2.23. The van der Waals surface area contributed by atoms with E-state index in [9.17, 15) is 4.39 Å². The fraction of sp³-hybridized carbons (Fsp3) is 0.538. The van der Waals surface area contributed by atoms with E-state index in [0.29, 0.717) is 4.47 Å². The molecule has 0 bridgehead atoms. The molecule has 0 saturated carbocycles. The largest absolute Gasteiger partial charge is 0.369 e. The van der Waals surface area contributed by atoms with Gasteiger partial charge < -0.3 is 4.90 Å². The van der Waals surface area contributed by atoms with Crippen molar-refractivity contribution in [3.63, 3.8) is 0 Å². The van der Waals surface area contributed by atoms with Crippen LogP contribution >= 0.6 is 15.9 Å². The lowest BCUT2D eigenvalue weighted by Gasteiger charge is -2.36. The van der Waals surface area contributed by atoms with Crippen LogP contribution in [0.2, 0.25) is 0 Å². The molecule has 0 radical (unpaired) electrons. The summed E-state index contributed by atoms with van der Waals surface area (Å²) in [5.41, 5.74) is 0.988. The highest BCUT2D eigenvalue weighted by atomic mass is 79.9. The van der Waals surface area contributed by atoms with E-state index in [0.717, 1.165) is 31.9 Å². The van der Waals surface area contributed by atoms with Gasteiger partial charge in [0.15, 0.2) is 0 Å². The van der Waals surface area contributed by atoms with Crippen LogP contribution in [0.5, 0.6) is 0 Å². The van der Waals surface area contributed by atoms with E-state index >= 15 is 0 Å². The van der Waals surface area contributed by atoms with Gasteiger partial charge >= 0.3 is 0 Å². The van der Waals surface area contributed by atoms with E-state index in [2.05, 4.69) is 32.7 Å². The Hall–Kier alpha value is -0.610. The van der Waals surface area contributed by atoms with Gasteiger partial charge in [0.05, 0.1) is 4.47 Å². The third-order valence-corrected chi connectivity index (χ3v) is 3.82. The quantitative estimate of drug-likeness (QED) is 0.846. The molecule has 1 aliphatic heterocycles. The van der Waals surface area contributed by atoms with Gasteiger partial charge in [0.25, 0.3) is 0 Å². The maximum absolute atomic E-state index is 13.4. The van der Waals surface area contributed by atoms with Crippen LogP contribution in [0.3, 0.4) is 0 Å². The molecule has 4 heteroatoms. The summed E-state index contributed by atoms with van der Waals surface area (Å²) in [6, 6.07) is 5.37. The number of hydrogen-bond donors (Lipinski definition) is 0. The molecule has 2 nitrogen and oxygen atoms in total. The van der Waals surface area contributed by atoms with Crippen LogP contribution in [0.1, 0.15) is 13.3 Å². The molecule has 0 unspecified atom stereocenters. The van der Waals surface area contributed by atoms with Crippen molar-refractivity contribution in [2.75, 3.05) is 37.6 Å². The topological polar surface area (TPSA) is 6.48 Å². The second-order valence-corrected chi connectivity index (χ2v) is 5.28. The number of rotatable bonds is 3. The SMILES string of the molecule is CCCN1CCN(c2ccc(Br)c(F)c2)CC1. The van der Waals surface area contributed by atoms with Crippen molar-refractivity contribution in [1.29, 1.82) is 0 Å². The molecule has 0 aliphatic carbocycles. The normalized spacial score (nSPS) is 17.5. The first-order chi connectivity index (χ1) is 8.20. The molecular formula is C13H18BrFN2. The number of piperazine rings is 1. The van der Waals surface area contributed by atoms with Gasteiger partial charge in [-0.3, -0.25) is 4.90 Å². The van der Waals surface area contributed by atoms with Crippen LogP contribution in [0.25, 0.3) is 0 Å². The minimum absolute atomic E-state index is 0.182. The van der Waals surface area contributed by atoms with E-state index in [1.54, 1.807) is 12.1 Å². The summed E-state index contributed by atoms with van der Waals surface area (Å²) in [7, 11) is 0. The Morgan fingerprint density at radius 3 is 2.53 bits per heavy atom. The highest BCUT2D eigenvalue weighted by molar-refractivity contribution is 9.10. The van der Waals surface area contributed by atoms with Crippen LogP contribution in [0.4, 0.5) is 10.1 Å². The van der Waals surface area contributed by atoms with Crippen molar-refractivity contribution in [2.24, 2.45) is 0 Å². The number of anilines is 1. The summed E-state index contributed by atoms with van der Waals surface area (Å²) < 4.78 is 14.0.